The minimum absolute atomic E-state index is 0.125. The van der Waals surface area contributed by atoms with E-state index in [1.165, 1.54) is 11.8 Å². The number of amides is 1. The Labute approximate surface area is 119 Å². The Morgan fingerprint density at radius 3 is 1.90 bits per heavy atom. The monoisotopic (exact) mass is 291 g/mol. The summed E-state index contributed by atoms with van der Waals surface area (Å²) in [6.07, 6.45) is -0.491. The van der Waals surface area contributed by atoms with E-state index in [0.717, 1.165) is 18.9 Å². The molecule has 0 aromatic heterocycles. The van der Waals surface area contributed by atoms with E-state index in [-0.39, 0.29) is 5.57 Å². The minimum Gasteiger partial charge on any atom is -0.339 e. The molecule has 0 N–H and O–H groups in total. The van der Waals surface area contributed by atoms with Crippen molar-refractivity contribution in [3.63, 3.8) is 0 Å². The molecule has 0 aliphatic heterocycles. The number of carbonyl (C=O) groups is 1. The molecule has 0 fully saturated rings. The maximum atomic E-state index is 13.1. The van der Waals surface area contributed by atoms with E-state index in [0.29, 0.717) is 25.9 Å². The molecule has 2 nitrogen and oxygen atoms in total. The standard InChI is InChI=1S/C15H24F3NO/c1-5-8-10-19(11-9-6-2)14(20)13(12(4)7-3)15(16,17)18/h7H,3,5-6,8-11H2,1-2,4H3/b13-12-. The largest absolute Gasteiger partial charge is 0.421 e. The van der Waals surface area contributed by atoms with Gasteiger partial charge in [-0.15, -0.1) is 0 Å². The van der Waals surface area contributed by atoms with Crippen LogP contribution < -0.4 is 0 Å². The summed E-state index contributed by atoms with van der Waals surface area (Å²) in [5.41, 5.74) is -1.22. The van der Waals surface area contributed by atoms with Gasteiger partial charge in [-0.25, -0.2) is 0 Å². The first-order valence-corrected chi connectivity index (χ1v) is 6.99. The lowest BCUT2D eigenvalue weighted by Crippen LogP contribution is -2.38. The summed E-state index contributed by atoms with van der Waals surface area (Å²) in [6.45, 7) is 9.21. The van der Waals surface area contributed by atoms with E-state index in [2.05, 4.69) is 6.58 Å². The zero-order chi connectivity index (χ0) is 15.8. The van der Waals surface area contributed by atoms with Gasteiger partial charge in [0.2, 0.25) is 0 Å². The molecule has 0 radical (unpaired) electrons. The van der Waals surface area contributed by atoms with Crippen molar-refractivity contribution < 1.29 is 18.0 Å². The van der Waals surface area contributed by atoms with Gasteiger partial charge in [0.05, 0.1) is 0 Å². The molecule has 0 unspecified atom stereocenters. The van der Waals surface area contributed by atoms with E-state index in [1.807, 2.05) is 13.8 Å². The SMILES string of the molecule is C=C/C(C)=C(/C(=O)N(CCCC)CCCC)C(F)(F)F. The van der Waals surface area contributed by atoms with E-state index in [4.69, 9.17) is 0 Å². The van der Waals surface area contributed by atoms with Gasteiger partial charge >= 0.3 is 6.18 Å². The molecule has 116 valence electrons. The van der Waals surface area contributed by atoms with Crippen molar-refractivity contribution in [3.8, 4) is 0 Å². The van der Waals surface area contributed by atoms with Crippen LogP contribution in [-0.2, 0) is 4.79 Å². The number of hydrogen-bond donors (Lipinski definition) is 0. The number of halogens is 3. The number of rotatable bonds is 8. The summed E-state index contributed by atoms with van der Waals surface area (Å²) < 4.78 is 39.2. The molecule has 0 bridgehead atoms. The first-order chi connectivity index (χ1) is 9.29. The van der Waals surface area contributed by atoms with Gasteiger partial charge in [0.1, 0.15) is 5.57 Å². The Bertz CT molecular complexity index is 351. The third kappa shape index (κ3) is 5.80. The fourth-order valence-corrected chi connectivity index (χ4v) is 1.79. The van der Waals surface area contributed by atoms with Gasteiger partial charge in [0, 0.05) is 13.1 Å². The number of carbonyl (C=O) groups excluding carboxylic acids is 1. The zero-order valence-corrected chi connectivity index (χ0v) is 12.5. The van der Waals surface area contributed by atoms with Gasteiger partial charge in [-0.05, 0) is 25.3 Å². The van der Waals surface area contributed by atoms with Gasteiger partial charge in [-0.2, -0.15) is 13.2 Å². The summed E-state index contributed by atoms with van der Waals surface area (Å²) in [4.78, 5) is 13.5. The van der Waals surface area contributed by atoms with Crippen LogP contribution in [0.1, 0.15) is 46.5 Å². The second-order valence-electron chi connectivity index (χ2n) is 4.76. The predicted molar refractivity (Wildman–Crippen MR) is 75.3 cm³/mol. The van der Waals surface area contributed by atoms with Crippen LogP contribution >= 0.6 is 0 Å². The second kappa shape index (κ2) is 8.82. The van der Waals surface area contributed by atoms with Gasteiger partial charge in [-0.3, -0.25) is 4.79 Å². The van der Waals surface area contributed by atoms with Gasteiger partial charge in [0.25, 0.3) is 5.91 Å². The van der Waals surface area contributed by atoms with Crippen LogP contribution in [0.3, 0.4) is 0 Å². The van der Waals surface area contributed by atoms with Crippen LogP contribution in [-0.4, -0.2) is 30.1 Å². The van der Waals surface area contributed by atoms with E-state index < -0.39 is 17.7 Å². The molecule has 0 saturated heterocycles. The average molecular weight is 291 g/mol. The summed E-state index contributed by atoms with van der Waals surface area (Å²) in [7, 11) is 0. The lowest BCUT2D eigenvalue weighted by Gasteiger charge is -2.25. The van der Waals surface area contributed by atoms with Crippen molar-refractivity contribution in [2.24, 2.45) is 0 Å². The molecule has 0 aromatic rings. The van der Waals surface area contributed by atoms with E-state index in [9.17, 15) is 18.0 Å². The fourth-order valence-electron chi connectivity index (χ4n) is 1.79. The Morgan fingerprint density at radius 2 is 1.60 bits per heavy atom. The molecule has 0 heterocycles. The predicted octanol–water partition coefficient (Wildman–Crippen LogP) is 4.48. The summed E-state index contributed by atoms with van der Waals surface area (Å²) in [5.74, 6) is -0.934. The Balaban J connectivity index is 5.30. The number of hydrogen-bond acceptors (Lipinski definition) is 1. The van der Waals surface area contributed by atoms with Crippen LogP contribution in [0.4, 0.5) is 13.2 Å². The molecule has 0 aromatic carbocycles. The van der Waals surface area contributed by atoms with Crippen LogP contribution in [0.25, 0.3) is 0 Å². The maximum Gasteiger partial charge on any atom is 0.421 e. The number of unbranched alkanes of at least 4 members (excludes halogenated alkanes) is 2. The van der Waals surface area contributed by atoms with Crippen LogP contribution in [0.15, 0.2) is 23.8 Å². The van der Waals surface area contributed by atoms with Crippen molar-refractivity contribution in [2.75, 3.05) is 13.1 Å². The number of alkyl halides is 3. The topological polar surface area (TPSA) is 20.3 Å². The first-order valence-electron chi connectivity index (χ1n) is 6.99. The van der Waals surface area contributed by atoms with Crippen molar-refractivity contribution in [3.05, 3.63) is 23.8 Å². The highest BCUT2D eigenvalue weighted by Gasteiger charge is 2.41. The van der Waals surface area contributed by atoms with Crippen molar-refractivity contribution in [1.82, 2.24) is 4.90 Å². The van der Waals surface area contributed by atoms with Gasteiger partial charge < -0.3 is 4.90 Å². The Morgan fingerprint density at radius 1 is 1.15 bits per heavy atom. The Kier molecular flexibility index (Phi) is 8.26. The molecule has 1 amide bonds. The lowest BCUT2D eigenvalue weighted by molar-refractivity contribution is -0.140. The first kappa shape index (κ1) is 18.7. The van der Waals surface area contributed by atoms with Crippen LogP contribution in [0.5, 0.6) is 0 Å². The molecule has 0 rings (SSSR count). The quantitative estimate of drug-likeness (QED) is 0.477. The number of allylic oxidation sites excluding steroid dienone is 2. The molecule has 5 heteroatoms. The molecular weight excluding hydrogens is 267 g/mol. The normalized spacial score (nSPS) is 12.9. The van der Waals surface area contributed by atoms with Crippen molar-refractivity contribution in [1.29, 1.82) is 0 Å². The highest BCUT2D eigenvalue weighted by atomic mass is 19.4. The molecular formula is C15H24F3NO. The molecule has 20 heavy (non-hydrogen) atoms. The minimum atomic E-state index is -4.65. The van der Waals surface area contributed by atoms with Crippen molar-refractivity contribution in [2.45, 2.75) is 52.6 Å². The smallest absolute Gasteiger partial charge is 0.339 e. The van der Waals surface area contributed by atoms with Gasteiger partial charge in [-0.1, -0.05) is 39.3 Å². The van der Waals surface area contributed by atoms with Crippen molar-refractivity contribution >= 4 is 5.91 Å². The van der Waals surface area contributed by atoms with Crippen LogP contribution in [0, 0.1) is 0 Å². The second-order valence-corrected chi connectivity index (χ2v) is 4.76. The average Bonchev–Trinajstić information content (AvgIpc) is 2.37. The van der Waals surface area contributed by atoms with Crippen LogP contribution in [0.2, 0.25) is 0 Å². The highest BCUT2D eigenvalue weighted by molar-refractivity contribution is 5.95. The van der Waals surface area contributed by atoms with Gasteiger partial charge in [0.15, 0.2) is 0 Å². The molecule has 0 saturated carbocycles. The fraction of sp³-hybridized carbons (Fsp3) is 0.667. The molecule has 0 spiro atoms. The number of nitrogens with zero attached hydrogens (tertiary/aromatic N) is 1. The molecule has 0 atom stereocenters. The highest BCUT2D eigenvalue weighted by Crippen LogP contribution is 2.30. The Hall–Kier alpha value is -1.26. The summed E-state index contributed by atoms with van der Waals surface area (Å²) in [5, 5.41) is 0. The zero-order valence-electron chi connectivity index (χ0n) is 12.5. The third-order valence-electron chi connectivity index (χ3n) is 3.05. The molecule has 0 aliphatic rings. The summed E-state index contributed by atoms with van der Waals surface area (Å²) in [6, 6.07) is 0. The van der Waals surface area contributed by atoms with E-state index in [1.54, 1.807) is 0 Å². The summed E-state index contributed by atoms with van der Waals surface area (Å²) >= 11 is 0. The lowest BCUT2D eigenvalue weighted by atomic mass is 10.1. The molecule has 0 aliphatic carbocycles. The third-order valence-corrected chi connectivity index (χ3v) is 3.05. The maximum absolute atomic E-state index is 13.1. The van der Waals surface area contributed by atoms with E-state index >= 15 is 0 Å².